The van der Waals surface area contributed by atoms with E-state index in [4.69, 9.17) is 0 Å². The van der Waals surface area contributed by atoms with Gasteiger partial charge in [-0.15, -0.1) is 0 Å². The van der Waals surface area contributed by atoms with Crippen LogP contribution >= 0.6 is 0 Å². The van der Waals surface area contributed by atoms with Crippen LogP contribution in [0.4, 0.5) is 0 Å². The summed E-state index contributed by atoms with van der Waals surface area (Å²) < 4.78 is 0. The minimum absolute atomic E-state index is 0.00928. The molecule has 0 saturated carbocycles. The fraction of sp³-hybridized carbons (Fsp3) is 0.500. The van der Waals surface area contributed by atoms with Crippen LogP contribution in [0.25, 0.3) is 10.9 Å². The molecular weight excluding hydrogens is 328 g/mol. The fourth-order valence-corrected chi connectivity index (χ4v) is 4.28. The summed E-state index contributed by atoms with van der Waals surface area (Å²) in [6.45, 7) is 3.24. The summed E-state index contributed by atoms with van der Waals surface area (Å²) in [6, 6.07) is 3.87. The Hall–Kier alpha value is -2.34. The topological polar surface area (TPSA) is 77.2 Å². The Bertz CT molecular complexity index is 842. The molecule has 3 heterocycles. The number of aromatic nitrogens is 1. The number of H-pyrrole nitrogens is 1. The molecular formula is C20H26N4O2. The number of hydrogen-bond acceptors (Lipinski definition) is 3. The van der Waals surface area contributed by atoms with E-state index >= 15 is 0 Å². The zero-order valence-electron chi connectivity index (χ0n) is 15.2. The van der Waals surface area contributed by atoms with Gasteiger partial charge < -0.3 is 20.5 Å². The van der Waals surface area contributed by atoms with E-state index in [0.717, 1.165) is 60.8 Å². The van der Waals surface area contributed by atoms with Crippen molar-refractivity contribution in [1.29, 1.82) is 0 Å². The number of likely N-dealkylation sites (tertiary alicyclic amines) is 1. The van der Waals surface area contributed by atoms with Crippen LogP contribution in [0, 0.1) is 5.92 Å². The Morgan fingerprint density at radius 3 is 3.12 bits per heavy atom. The molecule has 0 bridgehead atoms. The number of fused-ring (bicyclic) bond motifs is 3. The van der Waals surface area contributed by atoms with E-state index in [2.05, 4.69) is 27.6 Å². The van der Waals surface area contributed by atoms with Crippen LogP contribution in [0.15, 0.2) is 18.3 Å². The number of carbonyl (C=O) groups excluding carboxylic acids is 2. The Balaban J connectivity index is 1.45. The molecule has 6 heteroatoms. The smallest absolute Gasteiger partial charge is 0.251 e. The standard InChI is InChI=1S/C20H26N4O2/c1-24-10-2-3-14(12-24)19(25)21-8-6-13-11-23-17-5-4-16-15(18(13)17)7-9-22-20(16)26/h4-5,11,14,23H,2-3,6-10,12H2,1H3,(H,21,25)(H,22,26). The second kappa shape index (κ2) is 7.11. The molecule has 2 aliphatic rings. The van der Waals surface area contributed by atoms with Gasteiger partial charge in [0.25, 0.3) is 5.91 Å². The van der Waals surface area contributed by atoms with Gasteiger partial charge in [0.2, 0.25) is 5.91 Å². The normalized spacial score (nSPS) is 20.7. The molecule has 2 aliphatic heterocycles. The number of carbonyl (C=O) groups is 2. The van der Waals surface area contributed by atoms with Crippen LogP contribution in [0.5, 0.6) is 0 Å². The van der Waals surface area contributed by atoms with Crippen LogP contribution in [-0.4, -0.2) is 54.9 Å². The summed E-state index contributed by atoms with van der Waals surface area (Å²) in [7, 11) is 2.07. The molecule has 1 atom stereocenters. The van der Waals surface area contributed by atoms with E-state index in [-0.39, 0.29) is 17.7 Å². The lowest BCUT2D eigenvalue weighted by atomic mass is 9.94. The zero-order chi connectivity index (χ0) is 18.1. The highest BCUT2D eigenvalue weighted by Crippen LogP contribution is 2.28. The maximum absolute atomic E-state index is 12.4. The van der Waals surface area contributed by atoms with Crippen molar-refractivity contribution in [2.24, 2.45) is 5.92 Å². The first kappa shape index (κ1) is 17.1. The van der Waals surface area contributed by atoms with Crippen molar-refractivity contribution in [1.82, 2.24) is 20.5 Å². The quantitative estimate of drug-likeness (QED) is 0.778. The lowest BCUT2D eigenvalue weighted by molar-refractivity contribution is -0.126. The third-order valence-corrected chi connectivity index (χ3v) is 5.63. The number of amides is 2. The number of hydrogen-bond donors (Lipinski definition) is 3. The summed E-state index contributed by atoms with van der Waals surface area (Å²) >= 11 is 0. The van der Waals surface area contributed by atoms with E-state index in [1.807, 2.05) is 18.3 Å². The minimum atomic E-state index is 0.00928. The summed E-state index contributed by atoms with van der Waals surface area (Å²) in [4.78, 5) is 30.0. The van der Waals surface area contributed by atoms with Gasteiger partial charge >= 0.3 is 0 Å². The van der Waals surface area contributed by atoms with Crippen molar-refractivity contribution < 1.29 is 9.59 Å². The molecule has 0 spiro atoms. The highest BCUT2D eigenvalue weighted by Gasteiger charge is 2.24. The van der Waals surface area contributed by atoms with Gasteiger partial charge in [-0.2, -0.15) is 0 Å². The largest absolute Gasteiger partial charge is 0.361 e. The second-order valence-corrected chi connectivity index (χ2v) is 7.48. The van der Waals surface area contributed by atoms with E-state index in [1.165, 1.54) is 5.56 Å². The van der Waals surface area contributed by atoms with Crippen molar-refractivity contribution in [3.05, 3.63) is 35.0 Å². The molecule has 0 aliphatic carbocycles. The van der Waals surface area contributed by atoms with Crippen molar-refractivity contribution in [2.75, 3.05) is 33.2 Å². The average molecular weight is 354 g/mol. The zero-order valence-corrected chi connectivity index (χ0v) is 15.2. The van der Waals surface area contributed by atoms with Crippen molar-refractivity contribution >= 4 is 22.7 Å². The Labute approximate surface area is 153 Å². The minimum Gasteiger partial charge on any atom is -0.361 e. The summed E-state index contributed by atoms with van der Waals surface area (Å²) in [5.74, 6) is 0.279. The number of nitrogens with zero attached hydrogens (tertiary/aromatic N) is 1. The SMILES string of the molecule is CN1CCCC(C(=O)NCCc2c[nH]c3ccc4c(c23)CCNC4=O)C1. The molecule has 138 valence electrons. The highest BCUT2D eigenvalue weighted by atomic mass is 16.2. The monoisotopic (exact) mass is 354 g/mol. The molecule has 2 amide bonds. The first-order valence-electron chi connectivity index (χ1n) is 9.50. The molecule has 6 nitrogen and oxygen atoms in total. The van der Waals surface area contributed by atoms with Crippen molar-refractivity contribution in [2.45, 2.75) is 25.7 Å². The van der Waals surface area contributed by atoms with Gasteiger partial charge in [-0.25, -0.2) is 0 Å². The van der Waals surface area contributed by atoms with Crippen LogP contribution in [0.1, 0.15) is 34.3 Å². The van der Waals surface area contributed by atoms with Gasteiger partial charge in [0, 0.05) is 42.3 Å². The van der Waals surface area contributed by atoms with Gasteiger partial charge in [0.05, 0.1) is 5.92 Å². The van der Waals surface area contributed by atoms with E-state index in [0.29, 0.717) is 13.1 Å². The molecule has 4 rings (SSSR count). The van der Waals surface area contributed by atoms with Gasteiger partial charge in [0.1, 0.15) is 0 Å². The van der Waals surface area contributed by atoms with Gasteiger partial charge in [-0.3, -0.25) is 9.59 Å². The van der Waals surface area contributed by atoms with Crippen LogP contribution in [-0.2, 0) is 17.6 Å². The molecule has 1 unspecified atom stereocenters. The van der Waals surface area contributed by atoms with Gasteiger partial charge in [-0.1, -0.05) is 0 Å². The van der Waals surface area contributed by atoms with Crippen molar-refractivity contribution in [3.63, 3.8) is 0 Å². The maximum Gasteiger partial charge on any atom is 0.251 e. The second-order valence-electron chi connectivity index (χ2n) is 7.48. The number of nitrogens with one attached hydrogen (secondary N) is 3. The molecule has 0 radical (unpaired) electrons. The van der Waals surface area contributed by atoms with Crippen LogP contribution < -0.4 is 10.6 Å². The molecule has 3 N–H and O–H groups in total. The van der Waals surface area contributed by atoms with Gasteiger partial charge in [0.15, 0.2) is 0 Å². The summed E-state index contributed by atoms with van der Waals surface area (Å²) in [5.41, 5.74) is 4.14. The molecule has 1 aromatic carbocycles. The average Bonchev–Trinajstić information content (AvgIpc) is 3.05. The van der Waals surface area contributed by atoms with Crippen molar-refractivity contribution in [3.8, 4) is 0 Å². The molecule has 1 aromatic heterocycles. The predicted molar refractivity (Wildman–Crippen MR) is 101 cm³/mol. The van der Waals surface area contributed by atoms with E-state index < -0.39 is 0 Å². The fourth-order valence-electron chi connectivity index (χ4n) is 4.28. The molecule has 1 fully saturated rings. The predicted octanol–water partition coefficient (Wildman–Crippen LogP) is 1.45. The van der Waals surface area contributed by atoms with E-state index in [1.54, 1.807) is 0 Å². The van der Waals surface area contributed by atoms with E-state index in [9.17, 15) is 9.59 Å². The van der Waals surface area contributed by atoms with Gasteiger partial charge in [-0.05, 0) is 62.5 Å². The third kappa shape index (κ3) is 3.21. The Morgan fingerprint density at radius 2 is 2.27 bits per heavy atom. The number of rotatable bonds is 4. The first-order valence-corrected chi connectivity index (χ1v) is 9.50. The third-order valence-electron chi connectivity index (χ3n) is 5.63. The lowest BCUT2D eigenvalue weighted by Crippen LogP contribution is -2.41. The number of piperidine rings is 1. The number of aromatic amines is 1. The lowest BCUT2D eigenvalue weighted by Gasteiger charge is -2.28. The molecule has 2 aromatic rings. The first-order chi connectivity index (χ1) is 12.6. The Kier molecular flexibility index (Phi) is 4.68. The Morgan fingerprint density at radius 1 is 1.38 bits per heavy atom. The van der Waals surface area contributed by atoms with Crippen LogP contribution in [0.3, 0.4) is 0 Å². The summed E-state index contributed by atoms with van der Waals surface area (Å²) in [5, 5.41) is 7.16. The molecule has 26 heavy (non-hydrogen) atoms. The highest BCUT2D eigenvalue weighted by molar-refractivity contribution is 6.02. The number of benzene rings is 1. The molecule has 1 saturated heterocycles. The maximum atomic E-state index is 12.4. The van der Waals surface area contributed by atoms with Crippen LogP contribution in [0.2, 0.25) is 0 Å². The summed E-state index contributed by atoms with van der Waals surface area (Å²) in [6.07, 6.45) is 5.70.